The van der Waals surface area contributed by atoms with E-state index in [-0.39, 0.29) is 5.82 Å². The molecule has 2 aromatic heterocycles. The number of anilines is 3. The minimum absolute atomic E-state index is 0.243. The summed E-state index contributed by atoms with van der Waals surface area (Å²) in [4.78, 5) is 14.0. The lowest BCUT2D eigenvalue weighted by Gasteiger charge is -2.38. The molecule has 0 amide bonds. The number of halogens is 1. The van der Waals surface area contributed by atoms with Gasteiger partial charge in [-0.2, -0.15) is 5.10 Å². The molecule has 3 heterocycles. The molecule has 1 fully saturated rings. The van der Waals surface area contributed by atoms with E-state index in [4.69, 9.17) is 0 Å². The summed E-state index contributed by atoms with van der Waals surface area (Å²) in [6.45, 7) is 12.7. The third kappa shape index (κ3) is 4.65. The lowest BCUT2D eigenvalue weighted by Crippen LogP contribution is -2.44. The first kappa shape index (κ1) is 24.2. The highest BCUT2D eigenvalue weighted by molar-refractivity contribution is 5.89. The van der Waals surface area contributed by atoms with Crippen molar-refractivity contribution in [3.63, 3.8) is 0 Å². The van der Waals surface area contributed by atoms with Gasteiger partial charge >= 0.3 is 0 Å². The largest absolute Gasteiger partial charge is 0.371 e. The quantitative estimate of drug-likeness (QED) is 0.365. The SMILES string of the molecule is CCN(CC)C1CCN(c2ccc(-n3ncc4c(Nc5c(C)cc(F)cc5C)ncnc43)cc2)CC1. The van der Waals surface area contributed by atoms with Gasteiger partial charge in [0.25, 0.3) is 0 Å². The Morgan fingerprint density at radius 3 is 2.25 bits per heavy atom. The lowest BCUT2D eigenvalue weighted by atomic mass is 10.0. The van der Waals surface area contributed by atoms with Crippen LogP contribution >= 0.6 is 0 Å². The number of nitrogens with zero attached hydrogens (tertiary/aromatic N) is 6. The van der Waals surface area contributed by atoms with Crippen LogP contribution in [0, 0.1) is 19.7 Å². The van der Waals surface area contributed by atoms with E-state index in [0.717, 1.165) is 59.7 Å². The van der Waals surface area contributed by atoms with Crippen molar-refractivity contribution in [1.82, 2.24) is 24.6 Å². The van der Waals surface area contributed by atoms with E-state index in [1.165, 1.54) is 37.0 Å². The van der Waals surface area contributed by atoms with Crippen LogP contribution in [-0.2, 0) is 0 Å². The molecule has 0 saturated carbocycles. The van der Waals surface area contributed by atoms with Crippen molar-refractivity contribution in [2.45, 2.75) is 46.6 Å². The number of fused-ring (bicyclic) bond motifs is 1. The van der Waals surface area contributed by atoms with E-state index in [0.29, 0.717) is 11.9 Å². The van der Waals surface area contributed by atoms with E-state index >= 15 is 0 Å². The van der Waals surface area contributed by atoms with E-state index in [9.17, 15) is 4.39 Å². The second kappa shape index (κ2) is 10.2. The number of benzene rings is 2. The zero-order chi connectivity index (χ0) is 25.2. The Bertz CT molecular complexity index is 1310. The van der Waals surface area contributed by atoms with Crippen LogP contribution in [0.25, 0.3) is 16.7 Å². The van der Waals surface area contributed by atoms with Gasteiger partial charge in [0.2, 0.25) is 0 Å². The molecule has 2 aromatic carbocycles. The number of aryl methyl sites for hydroxylation is 2. The van der Waals surface area contributed by atoms with Crippen LogP contribution < -0.4 is 10.2 Å². The van der Waals surface area contributed by atoms with Crippen LogP contribution in [0.15, 0.2) is 48.9 Å². The molecule has 1 aliphatic heterocycles. The second-order valence-corrected chi connectivity index (χ2v) is 9.51. The molecule has 0 atom stereocenters. The van der Waals surface area contributed by atoms with E-state index in [2.05, 4.69) is 68.3 Å². The maximum Gasteiger partial charge on any atom is 0.168 e. The normalized spacial score (nSPS) is 14.7. The summed E-state index contributed by atoms with van der Waals surface area (Å²) in [6, 6.07) is 12.3. The van der Waals surface area contributed by atoms with Crippen molar-refractivity contribution in [2.75, 3.05) is 36.4 Å². The van der Waals surface area contributed by atoms with Crippen molar-refractivity contribution in [1.29, 1.82) is 0 Å². The van der Waals surface area contributed by atoms with Gasteiger partial charge in [-0.3, -0.25) is 0 Å². The molecular formula is C28H34FN7. The number of hydrogen-bond acceptors (Lipinski definition) is 6. The predicted octanol–water partition coefficient (Wildman–Crippen LogP) is 5.63. The van der Waals surface area contributed by atoms with Gasteiger partial charge in [0.05, 0.1) is 17.3 Å². The zero-order valence-electron chi connectivity index (χ0n) is 21.5. The molecule has 1 saturated heterocycles. The monoisotopic (exact) mass is 487 g/mol. The number of nitrogens with one attached hydrogen (secondary N) is 1. The summed E-state index contributed by atoms with van der Waals surface area (Å²) >= 11 is 0. The molecule has 1 N–H and O–H groups in total. The Morgan fingerprint density at radius 2 is 1.61 bits per heavy atom. The fraction of sp³-hybridized carbons (Fsp3) is 0.393. The summed E-state index contributed by atoms with van der Waals surface area (Å²) in [5.74, 6) is 0.407. The first-order valence-corrected chi connectivity index (χ1v) is 12.8. The van der Waals surface area contributed by atoms with Crippen LogP contribution in [-0.4, -0.2) is 56.9 Å². The van der Waals surface area contributed by atoms with Gasteiger partial charge in [-0.1, -0.05) is 13.8 Å². The maximum absolute atomic E-state index is 13.7. The minimum Gasteiger partial charge on any atom is -0.371 e. The third-order valence-corrected chi connectivity index (χ3v) is 7.36. The van der Waals surface area contributed by atoms with Crippen molar-refractivity contribution in [3.8, 4) is 5.69 Å². The molecule has 7 nitrogen and oxygen atoms in total. The Kier molecular flexibility index (Phi) is 6.87. The number of piperidine rings is 1. The van der Waals surface area contributed by atoms with Gasteiger partial charge in [0, 0.05) is 30.5 Å². The Balaban J connectivity index is 1.35. The summed E-state index contributed by atoms with van der Waals surface area (Å²) < 4.78 is 15.6. The highest BCUT2D eigenvalue weighted by atomic mass is 19.1. The molecule has 8 heteroatoms. The van der Waals surface area contributed by atoms with Crippen LogP contribution in [0.4, 0.5) is 21.6 Å². The average Bonchev–Trinajstić information content (AvgIpc) is 3.32. The minimum atomic E-state index is -0.243. The summed E-state index contributed by atoms with van der Waals surface area (Å²) in [6.07, 6.45) is 5.71. The third-order valence-electron chi connectivity index (χ3n) is 7.36. The maximum atomic E-state index is 13.7. The van der Waals surface area contributed by atoms with Crippen molar-refractivity contribution in [2.24, 2.45) is 0 Å². The van der Waals surface area contributed by atoms with Gasteiger partial charge in [0.15, 0.2) is 5.65 Å². The van der Waals surface area contributed by atoms with Gasteiger partial charge < -0.3 is 15.1 Å². The summed E-state index contributed by atoms with van der Waals surface area (Å²) in [7, 11) is 0. The Morgan fingerprint density at radius 1 is 0.972 bits per heavy atom. The molecule has 0 bridgehead atoms. The fourth-order valence-corrected chi connectivity index (χ4v) is 5.39. The first-order chi connectivity index (χ1) is 17.5. The first-order valence-electron chi connectivity index (χ1n) is 12.8. The summed E-state index contributed by atoms with van der Waals surface area (Å²) in [5, 5.41) is 8.79. The molecule has 5 rings (SSSR count). The Labute approximate surface area is 212 Å². The highest BCUT2D eigenvalue weighted by Crippen LogP contribution is 2.30. The molecule has 188 valence electrons. The highest BCUT2D eigenvalue weighted by Gasteiger charge is 2.23. The smallest absolute Gasteiger partial charge is 0.168 e. The zero-order valence-corrected chi connectivity index (χ0v) is 21.5. The lowest BCUT2D eigenvalue weighted by molar-refractivity contribution is 0.186. The molecule has 1 aliphatic rings. The number of rotatable bonds is 7. The molecule has 0 spiro atoms. The van der Waals surface area contributed by atoms with E-state index < -0.39 is 0 Å². The number of aromatic nitrogens is 4. The molecular weight excluding hydrogens is 453 g/mol. The van der Waals surface area contributed by atoms with Crippen LogP contribution in [0.3, 0.4) is 0 Å². The van der Waals surface area contributed by atoms with Crippen molar-refractivity contribution < 1.29 is 4.39 Å². The number of hydrogen-bond donors (Lipinski definition) is 1. The second-order valence-electron chi connectivity index (χ2n) is 9.51. The van der Waals surface area contributed by atoms with Crippen LogP contribution in [0.1, 0.15) is 37.8 Å². The van der Waals surface area contributed by atoms with Gasteiger partial charge in [-0.15, -0.1) is 0 Å². The molecule has 36 heavy (non-hydrogen) atoms. The molecule has 4 aromatic rings. The predicted molar refractivity (Wildman–Crippen MR) is 144 cm³/mol. The fourth-order valence-electron chi connectivity index (χ4n) is 5.39. The van der Waals surface area contributed by atoms with Gasteiger partial charge in [0.1, 0.15) is 18.0 Å². The Hall–Kier alpha value is -3.52. The summed E-state index contributed by atoms with van der Waals surface area (Å²) in [5.41, 5.74) is 5.40. The average molecular weight is 488 g/mol. The molecule has 0 radical (unpaired) electrons. The molecule has 0 unspecified atom stereocenters. The van der Waals surface area contributed by atoms with Crippen molar-refractivity contribution >= 4 is 28.2 Å². The molecule has 0 aliphatic carbocycles. The van der Waals surface area contributed by atoms with E-state index in [1.54, 1.807) is 6.20 Å². The van der Waals surface area contributed by atoms with Gasteiger partial charge in [-0.05, 0) is 87.3 Å². The van der Waals surface area contributed by atoms with Crippen LogP contribution in [0.2, 0.25) is 0 Å². The van der Waals surface area contributed by atoms with Gasteiger partial charge in [-0.25, -0.2) is 19.0 Å². The topological polar surface area (TPSA) is 62.1 Å². The van der Waals surface area contributed by atoms with Crippen LogP contribution in [0.5, 0.6) is 0 Å². The standard InChI is InChI=1S/C28H34FN7/c1-5-34(6-2)23-11-13-35(14-12-23)22-7-9-24(10-8-22)36-28-25(17-32-36)27(30-18-31-28)33-26-19(3)15-21(29)16-20(26)4/h7-10,15-18,23H,5-6,11-14H2,1-4H3,(H,30,31,33). The van der Waals surface area contributed by atoms with E-state index in [1.807, 2.05) is 18.5 Å². The van der Waals surface area contributed by atoms with Crippen molar-refractivity contribution in [3.05, 3.63) is 65.9 Å².